The Morgan fingerprint density at radius 3 is 2.83 bits per heavy atom. The lowest BCUT2D eigenvalue weighted by atomic mass is 10.1. The normalized spacial score (nSPS) is 17.4. The van der Waals surface area contributed by atoms with Gasteiger partial charge in [-0.15, -0.1) is 0 Å². The average Bonchev–Trinajstić information content (AvgIpc) is 2.82. The first-order valence-electron chi connectivity index (χ1n) is 6.38. The van der Waals surface area contributed by atoms with Crippen LogP contribution in [0.5, 0.6) is 0 Å². The first kappa shape index (κ1) is 13.4. The summed E-state index contributed by atoms with van der Waals surface area (Å²) in [4.78, 5) is 2.47. The maximum absolute atomic E-state index is 9.17. The molecule has 18 heavy (non-hydrogen) atoms. The van der Waals surface area contributed by atoms with Gasteiger partial charge in [-0.1, -0.05) is 6.07 Å². The van der Waals surface area contributed by atoms with Crippen LogP contribution < -0.4 is 5.32 Å². The van der Waals surface area contributed by atoms with E-state index in [1.54, 1.807) is 0 Å². The van der Waals surface area contributed by atoms with Crippen molar-refractivity contribution in [3.05, 3.63) is 28.2 Å². The molecule has 1 aliphatic heterocycles. The minimum atomic E-state index is 0.351. The highest BCUT2D eigenvalue weighted by molar-refractivity contribution is 9.10. The van der Waals surface area contributed by atoms with Crippen molar-refractivity contribution in [1.29, 1.82) is 5.26 Å². The fourth-order valence-corrected chi connectivity index (χ4v) is 2.88. The molecule has 1 heterocycles. The molecule has 0 radical (unpaired) electrons. The van der Waals surface area contributed by atoms with E-state index < -0.39 is 0 Å². The molecule has 0 aliphatic carbocycles. The zero-order chi connectivity index (χ0) is 13.0. The van der Waals surface area contributed by atoms with Gasteiger partial charge in [0.1, 0.15) is 6.07 Å². The highest BCUT2D eigenvalue weighted by atomic mass is 79.9. The lowest BCUT2D eigenvalue weighted by Crippen LogP contribution is -2.33. The summed E-state index contributed by atoms with van der Waals surface area (Å²) >= 11 is 3.41. The quantitative estimate of drug-likeness (QED) is 0.928. The van der Waals surface area contributed by atoms with Gasteiger partial charge in [-0.25, -0.2) is 0 Å². The van der Waals surface area contributed by atoms with E-state index in [9.17, 15) is 0 Å². The summed E-state index contributed by atoms with van der Waals surface area (Å²) in [7, 11) is 0. The van der Waals surface area contributed by atoms with Crippen LogP contribution in [0.3, 0.4) is 0 Å². The maximum Gasteiger partial charge on any atom is 0.103 e. The topological polar surface area (TPSA) is 39.1 Å². The molecule has 1 aliphatic rings. The van der Waals surface area contributed by atoms with Crippen LogP contribution >= 0.6 is 15.9 Å². The summed E-state index contributed by atoms with van der Waals surface area (Å²) in [5.74, 6) is 0. The summed E-state index contributed by atoms with van der Waals surface area (Å²) in [5, 5.41) is 12.6. The molecule has 96 valence electrons. The lowest BCUT2D eigenvalue weighted by molar-refractivity contribution is 0.328. The van der Waals surface area contributed by atoms with Gasteiger partial charge in [0.05, 0.1) is 11.3 Å². The number of nitrogens with one attached hydrogen (secondary N) is 1. The molecule has 3 nitrogen and oxygen atoms in total. The molecule has 1 aromatic rings. The van der Waals surface area contributed by atoms with Gasteiger partial charge in [-0.2, -0.15) is 5.26 Å². The summed E-state index contributed by atoms with van der Waals surface area (Å²) < 4.78 is 0.850. The van der Waals surface area contributed by atoms with E-state index in [2.05, 4.69) is 39.1 Å². The van der Waals surface area contributed by atoms with Crippen LogP contribution in [0, 0.1) is 11.3 Å². The molecule has 1 atom stereocenters. The Kier molecular flexibility index (Phi) is 4.62. The SMILES string of the molecule is CC(CN1CCCC1)Nc1cccc(Br)c1C#N. The molecular formula is C14H18BrN3. The minimum Gasteiger partial charge on any atom is -0.380 e. The Morgan fingerprint density at radius 1 is 1.44 bits per heavy atom. The van der Waals surface area contributed by atoms with Crippen molar-refractivity contribution < 1.29 is 0 Å². The Morgan fingerprint density at radius 2 is 2.17 bits per heavy atom. The van der Waals surface area contributed by atoms with Crippen molar-refractivity contribution in [1.82, 2.24) is 4.90 Å². The van der Waals surface area contributed by atoms with Crippen molar-refractivity contribution >= 4 is 21.6 Å². The van der Waals surface area contributed by atoms with E-state index >= 15 is 0 Å². The number of rotatable bonds is 4. The van der Waals surface area contributed by atoms with E-state index in [-0.39, 0.29) is 0 Å². The van der Waals surface area contributed by atoms with Gasteiger partial charge in [-0.3, -0.25) is 0 Å². The van der Waals surface area contributed by atoms with E-state index in [1.807, 2.05) is 18.2 Å². The Balaban J connectivity index is 2.00. The number of halogens is 1. The third-order valence-electron chi connectivity index (χ3n) is 3.26. The predicted octanol–water partition coefficient (Wildman–Crippen LogP) is 3.22. The van der Waals surface area contributed by atoms with Crippen LogP contribution in [0.1, 0.15) is 25.3 Å². The highest BCUT2D eigenvalue weighted by Gasteiger charge is 2.15. The van der Waals surface area contributed by atoms with Crippen LogP contribution in [0.2, 0.25) is 0 Å². The average molecular weight is 308 g/mol. The number of hydrogen-bond acceptors (Lipinski definition) is 3. The van der Waals surface area contributed by atoms with Gasteiger partial charge < -0.3 is 10.2 Å². The molecule has 4 heteroatoms. The zero-order valence-corrected chi connectivity index (χ0v) is 12.2. The van der Waals surface area contributed by atoms with Gasteiger partial charge in [0.15, 0.2) is 0 Å². The second kappa shape index (κ2) is 6.21. The van der Waals surface area contributed by atoms with E-state index in [0.717, 1.165) is 16.7 Å². The van der Waals surface area contributed by atoms with Gasteiger partial charge in [-0.05, 0) is 60.9 Å². The zero-order valence-electron chi connectivity index (χ0n) is 10.6. The van der Waals surface area contributed by atoms with Gasteiger partial charge in [0.25, 0.3) is 0 Å². The molecule has 1 N–H and O–H groups in total. The third-order valence-corrected chi connectivity index (χ3v) is 3.92. The van der Waals surface area contributed by atoms with Gasteiger partial charge in [0.2, 0.25) is 0 Å². The Hall–Kier alpha value is -1.05. The van der Waals surface area contributed by atoms with Crippen LogP contribution in [0.4, 0.5) is 5.69 Å². The minimum absolute atomic E-state index is 0.351. The van der Waals surface area contributed by atoms with E-state index in [4.69, 9.17) is 5.26 Å². The standard InChI is InChI=1S/C14H18BrN3/c1-11(10-18-7-2-3-8-18)17-14-6-4-5-13(15)12(14)9-16/h4-6,11,17H,2-3,7-8,10H2,1H3. The first-order chi connectivity index (χ1) is 8.70. The van der Waals surface area contributed by atoms with Crippen molar-refractivity contribution in [2.75, 3.05) is 25.0 Å². The molecule has 0 amide bonds. The molecular weight excluding hydrogens is 290 g/mol. The number of nitrogens with zero attached hydrogens (tertiary/aromatic N) is 2. The predicted molar refractivity (Wildman–Crippen MR) is 77.6 cm³/mol. The number of hydrogen-bond donors (Lipinski definition) is 1. The second-order valence-electron chi connectivity index (χ2n) is 4.83. The van der Waals surface area contributed by atoms with E-state index in [1.165, 1.54) is 25.9 Å². The van der Waals surface area contributed by atoms with Crippen molar-refractivity contribution in [2.45, 2.75) is 25.8 Å². The largest absolute Gasteiger partial charge is 0.380 e. The van der Waals surface area contributed by atoms with E-state index in [0.29, 0.717) is 11.6 Å². The first-order valence-corrected chi connectivity index (χ1v) is 7.17. The Bertz CT molecular complexity index is 447. The lowest BCUT2D eigenvalue weighted by Gasteiger charge is -2.22. The number of likely N-dealkylation sites (tertiary alicyclic amines) is 1. The van der Waals surface area contributed by atoms with Crippen LogP contribution in [-0.4, -0.2) is 30.6 Å². The number of benzene rings is 1. The summed E-state index contributed by atoms with van der Waals surface area (Å²) in [6, 6.07) is 8.41. The molecule has 0 spiro atoms. The van der Waals surface area contributed by atoms with Crippen LogP contribution in [0.25, 0.3) is 0 Å². The molecule has 1 fully saturated rings. The van der Waals surface area contributed by atoms with Crippen molar-refractivity contribution in [2.24, 2.45) is 0 Å². The van der Waals surface area contributed by atoms with Gasteiger partial charge in [0, 0.05) is 17.1 Å². The van der Waals surface area contributed by atoms with Crippen molar-refractivity contribution in [3.63, 3.8) is 0 Å². The molecule has 1 unspecified atom stereocenters. The summed E-state index contributed by atoms with van der Waals surface area (Å²) in [6.07, 6.45) is 2.63. The molecule has 2 rings (SSSR count). The van der Waals surface area contributed by atoms with Crippen LogP contribution in [0.15, 0.2) is 22.7 Å². The fraction of sp³-hybridized carbons (Fsp3) is 0.500. The third kappa shape index (κ3) is 3.24. The molecule has 1 aromatic carbocycles. The molecule has 0 aromatic heterocycles. The number of anilines is 1. The second-order valence-corrected chi connectivity index (χ2v) is 5.68. The monoisotopic (exact) mass is 307 g/mol. The summed E-state index contributed by atoms with van der Waals surface area (Å²) in [6.45, 7) is 5.61. The maximum atomic E-state index is 9.17. The molecule has 0 bridgehead atoms. The van der Waals surface area contributed by atoms with Gasteiger partial charge >= 0.3 is 0 Å². The Labute approximate surface area is 117 Å². The summed E-state index contributed by atoms with van der Waals surface area (Å²) in [5.41, 5.74) is 1.60. The van der Waals surface area contributed by atoms with Crippen molar-refractivity contribution in [3.8, 4) is 6.07 Å². The smallest absolute Gasteiger partial charge is 0.103 e. The van der Waals surface area contributed by atoms with Crippen LogP contribution in [-0.2, 0) is 0 Å². The fourth-order valence-electron chi connectivity index (χ4n) is 2.42. The molecule has 0 saturated carbocycles. The number of nitriles is 1. The molecule has 1 saturated heterocycles. The highest BCUT2D eigenvalue weighted by Crippen LogP contribution is 2.24.